The Morgan fingerprint density at radius 1 is 1.23 bits per heavy atom. The molecule has 0 aromatic heterocycles. The number of hydrogen-bond donors (Lipinski definition) is 1. The van der Waals surface area contributed by atoms with Crippen LogP contribution < -0.4 is 5.73 Å². The van der Waals surface area contributed by atoms with Crippen LogP contribution in [0.5, 0.6) is 0 Å². The molecule has 1 fully saturated rings. The normalized spacial score (nSPS) is 19.0. The summed E-state index contributed by atoms with van der Waals surface area (Å²) >= 11 is 5.04. The molecule has 0 heterocycles. The Labute approximate surface area is 85.8 Å². The number of nitrogens with two attached hydrogens (primary N) is 1. The van der Waals surface area contributed by atoms with Gasteiger partial charge >= 0.3 is 0 Å². The van der Waals surface area contributed by atoms with Crippen LogP contribution in [0.25, 0.3) is 0 Å². The molecule has 0 unspecified atom stereocenters. The van der Waals surface area contributed by atoms with Crippen LogP contribution in [-0.2, 0) is 0 Å². The van der Waals surface area contributed by atoms with Gasteiger partial charge in [0, 0.05) is 20.1 Å². The summed E-state index contributed by atoms with van der Waals surface area (Å²) in [5.41, 5.74) is 5.68. The highest BCUT2D eigenvalue weighted by atomic mass is 32.1. The van der Waals surface area contributed by atoms with Gasteiger partial charge in [0.2, 0.25) is 0 Å². The first-order valence-corrected chi connectivity index (χ1v) is 5.29. The van der Waals surface area contributed by atoms with Crippen molar-refractivity contribution in [1.29, 1.82) is 0 Å². The van der Waals surface area contributed by atoms with E-state index in [9.17, 15) is 0 Å². The zero-order valence-electron chi connectivity index (χ0n) is 8.49. The highest BCUT2D eigenvalue weighted by molar-refractivity contribution is 7.80. The third kappa shape index (κ3) is 2.81. The van der Waals surface area contributed by atoms with Gasteiger partial charge in [-0.25, -0.2) is 5.01 Å². The lowest BCUT2D eigenvalue weighted by Crippen LogP contribution is -2.51. The van der Waals surface area contributed by atoms with Crippen LogP contribution in [-0.4, -0.2) is 35.3 Å². The van der Waals surface area contributed by atoms with E-state index < -0.39 is 0 Å². The molecule has 0 saturated heterocycles. The summed E-state index contributed by atoms with van der Waals surface area (Å²) in [6.07, 6.45) is 6.40. The first kappa shape index (κ1) is 10.7. The first-order valence-electron chi connectivity index (χ1n) is 4.89. The van der Waals surface area contributed by atoms with Gasteiger partial charge in [0.1, 0.15) is 0 Å². The van der Waals surface area contributed by atoms with Gasteiger partial charge in [0.15, 0.2) is 5.11 Å². The van der Waals surface area contributed by atoms with Crippen molar-refractivity contribution in [2.24, 2.45) is 5.73 Å². The van der Waals surface area contributed by atoms with E-state index in [0.29, 0.717) is 11.2 Å². The molecule has 0 atom stereocenters. The molecule has 4 heteroatoms. The fourth-order valence-corrected chi connectivity index (χ4v) is 2.34. The quantitative estimate of drug-likeness (QED) is 0.540. The van der Waals surface area contributed by atoms with Crippen molar-refractivity contribution in [2.75, 3.05) is 14.1 Å². The molecule has 0 amide bonds. The van der Waals surface area contributed by atoms with Crippen LogP contribution in [0.1, 0.15) is 32.1 Å². The predicted octanol–water partition coefficient (Wildman–Crippen LogP) is 1.34. The second-order valence-corrected chi connectivity index (χ2v) is 4.24. The van der Waals surface area contributed by atoms with E-state index in [0.717, 1.165) is 0 Å². The van der Waals surface area contributed by atoms with Gasteiger partial charge in [-0.05, 0) is 25.1 Å². The molecule has 0 radical (unpaired) electrons. The summed E-state index contributed by atoms with van der Waals surface area (Å²) in [6, 6.07) is 0.529. The molecule has 0 spiro atoms. The maximum Gasteiger partial charge on any atom is 0.181 e. The monoisotopic (exact) mass is 201 g/mol. The van der Waals surface area contributed by atoms with Crippen molar-refractivity contribution in [2.45, 2.75) is 38.1 Å². The number of hydrogen-bond acceptors (Lipinski definition) is 2. The lowest BCUT2D eigenvalue weighted by Gasteiger charge is -2.38. The van der Waals surface area contributed by atoms with E-state index in [1.54, 1.807) is 0 Å². The molecular formula is C9H19N3S. The van der Waals surface area contributed by atoms with Gasteiger partial charge in [-0.2, -0.15) is 0 Å². The Morgan fingerprint density at radius 3 is 2.15 bits per heavy atom. The van der Waals surface area contributed by atoms with Crippen molar-refractivity contribution in [3.63, 3.8) is 0 Å². The summed E-state index contributed by atoms with van der Waals surface area (Å²) in [5.74, 6) is 0. The van der Waals surface area contributed by atoms with Crippen molar-refractivity contribution >= 4 is 17.3 Å². The van der Waals surface area contributed by atoms with Crippen molar-refractivity contribution in [1.82, 2.24) is 10.0 Å². The van der Waals surface area contributed by atoms with Crippen LogP contribution in [0.4, 0.5) is 0 Å². The molecule has 1 aliphatic rings. The SMILES string of the molecule is CN(C)N(C(N)=S)C1CCCCC1. The fraction of sp³-hybridized carbons (Fsp3) is 0.889. The van der Waals surface area contributed by atoms with E-state index in [1.807, 2.05) is 24.1 Å². The number of hydrazine groups is 1. The molecule has 2 N–H and O–H groups in total. The lowest BCUT2D eigenvalue weighted by atomic mass is 9.95. The average molecular weight is 201 g/mol. The van der Waals surface area contributed by atoms with Gasteiger partial charge in [-0.1, -0.05) is 19.3 Å². The molecular weight excluding hydrogens is 182 g/mol. The molecule has 0 aromatic rings. The zero-order chi connectivity index (χ0) is 9.84. The second-order valence-electron chi connectivity index (χ2n) is 3.82. The maximum absolute atomic E-state index is 5.68. The van der Waals surface area contributed by atoms with Crippen LogP contribution in [0, 0.1) is 0 Å². The average Bonchev–Trinajstić information content (AvgIpc) is 2.04. The molecule has 1 saturated carbocycles. The highest BCUT2D eigenvalue weighted by Gasteiger charge is 2.23. The van der Waals surface area contributed by atoms with E-state index in [-0.39, 0.29) is 0 Å². The minimum absolute atomic E-state index is 0.497. The van der Waals surface area contributed by atoms with Crippen LogP contribution in [0.15, 0.2) is 0 Å². The molecule has 0 aliphatic heterocycles. The third-order valence-corrected chi connectivity index (χ3v) is 2.76. The second kappa shape index (κ2) is 4.77. The molecule has 0 bridgehead atoms. The molecule has 76 valence electrons. The summed E-state index contributed by atoms with van der Waals surface area (Å²) in [6.45, 7) is 0. The zero-order valence-corrected chi connectivity index (χ0v) is 9.31. The third-order valence-electron chi connectivity index (χ3n) is 2.58. The summed E-state index contributed by atoms with van der Waals surface area (Å²) < 4.78 is 0. The fourth-order valence-electron chi connectivity index (χ4n) is 2.03. The lowest BCUT2D eigenvalue weighted by molar-refractivity contribution is 0.0457. The molecule has 1 aliphatic carbocycles. The minimum Gasteiger partial charge on any atom is -0.375 e. The standard InChI is InChI=1S/C9H19N3S/c1-11(2)12(9(10)13)8-6-4-3-5-7-8/h8H,3-7H2,1-2H3,(H2,10,13). The van der Waals surface area contributed by atoms with Crippen LogP contribution >= 0.6 is 12.2 Å². The van der Waals surface area contributed by atoms with Crippen molar-refractivity contribution < 1.29 is 0 Å². The largest absolute Gasteiger partial charge is 0.375 e. The van der Waals surface area contributed by atoms with Gasteiger partial charge in [-0.15, -0.1) is 0 Å². The Morgan fingerprint density at radius 2 is 1.77 bits per heavy atom. The maximum atomic E-state index is 5.68. The smallest absolute Gasteiger partial charge is 0.181 e. The number of nitrogens with zero attached hydrogens (tertiary/aromatic N) is 2. The van der Waals surface area contributed by atoms with Gasteiger partial charge < -0.3 is 5.73 Å². The van der Waals surface area contributed by atoms with Crippen LogP contribution in [0.3, 0.4) is 0 Å². The Hall–Kier alpha value is -0.350. The van der Waals surface area contributed by atoms with E-state index in [2.05, 4.69) is 0 Å². The molecule has 3 nitrogen and oxygen atoms in total. The van der Waals surface area contributed by atoms with E-state index in [4.69, 9.17) is 18.0 Å². The van der Waals surface area contributed by atoms with Crippen LogP contribution in [0.2, 0.25) is 0 Å². The minimum atomic E-state index is 0.497. The highest BCUT2D eigenvalue weighted by Crippen LogP contribution is 2.22. The Balaban J connectivity index is 2.57. The molecule has 0 aromatic carbocycles. The summed E-state index contributed by atoms with van der Waals surface area (Å²) in [5, 5.41) is 4.53. The number of thiocarbonyl (C=S) groups is 1. The Bertz CT molecular complexity index is 176. The summed E-state index contributed by atoms with van der Waals surface area (Å²) in [4.78, 5) is 0. The summed E-state index contributed by atoms with van der Waals surface area (Å²) in [7, 11) is 3.99. The first-order chi connectivity index (χ1) is 6.13. The molecule has 1 rings (SSSR count). The number of rotatable bonds is 2. The topological polar surface area (TPSA) is 32.5 Å². The molecule has 13 heavy (non-hydrogen) atoms. The van der Waals surface area contributed by atoms with Gasteiger partial charge in [0.25, 0.3) is 0 Å². The van der Waals surface area contributed by atoms with E-state index >= 15 is 0 Å². The van der Waals surface area contributed by atoms with Crippen molar-refractivity contribution in [3.8, 4) is 0 Å². The predicted molar refractivity (Wildman–Crippen MR) is 59.2 cm³/mol. The Kier molecular flexibility index (Phi) is 3.93. The van der Waals surface area contributed by atoms with Crippen molar-refractivity contribution in [3.05, 3.63) is 0 Å². The van der Waals surface area contributed by atoms with Gasteiger partial charge in [-0.3, -0.25) is 5.01 Å². The van der Waals surface area contributed by atoms with E-state index in [1.165, 1.54) is 32.1 Å². The van der Waals surface area contributed by atoms with Gasteiger partial charge in [0.05, 0.1) is 0 Å².